The smallest absolute Gasteiger partial charge is 0.143 e. The number of rotatable bonds is 3. The molecule has 4 heteroatoms. The molecule has 16 heavy (non-hydrogen) atoms. The molecule has 1 aliphatic carbocycles. The quantitative estimate of drug-likeness (QED) is 0.776. The Kier molecular flexibility index (Phi) is 2.86. The maximum absolute atomic E-state index is 13.7. The molecular formula is C12H11BrF2O. The summed E-state index contributed by atoms with van der Waals surface area (Å²) < 4.78 is 27.4. The predicted molar refractivity (Wildman–Crippen MR) is 60.1 cm³/mol. The van der Waals surface area contributed by atoms with Crippen LogP contribution in [0.1, 0.15) is 25.3 Å². The van der Waals surface area contributed by atoms with Crippen molar-refractivity contribution in [3.8, 4) is 0 Å². The van der Waals surface area contributed by atoms with Crippen LogP contribution in [-0.4, -0.2) is 5.78 Å². The van der Waals surface area contributed by atoms with Gasteiger partial charge in [-0.2, -0.15) is 0 Å². The van der Waals surface area contributed by atoms with Crippen molar-refractivity contribution in [1.29, 1.82) is 0 Å². The molecule has 0 atom stereocenters. The number of hydrogen-bond donors (Lipinski definition) is 0. The Morgan fingerprint density at radius 2 is 2.06 bits per heavy atom. The highest BCUT2D eigenvalue weighted by molar-refractivity contribution is 9.10. The molecular weight excluding hydrogens is 278 g/mol. The van der Waals surface area contributed by atoms with Gasteiger partial charge in [0.1, 0.15) is 17.4 Å². The normalized spacial score (nSPS) is 17.2. The number of ketones is 1. The Morgan fingerprint density at radius 1 is 1.44 bits per heavy atom. The van der Waals surface area contributed by atoms with E-state index in [4.69, 9.17) is 0 Å². The highest BCUT2D eigenvalue weighted by Crippen LogP contribution is 2.49. The number of Topliss-reactive ketones (excluding diaryl/α,β-unsaturated/α-hetero) is 1. The third kappa shape index (κ3) is 1.90. The van der Waals surface area contributed by atoms with Crippen LogP contribution in [0, 0.1) is 17.0 Å². The fourth-order valence-electron chi connectivity index (χ4n) is 1.87. The van der Waals surface area contributed by atoms with Gasteiger partial charge in [-0.15, -0.1) is 0 Å². The van der Waals surface area contributed by atoms with E-state index in [1.54, 1.807) is 0 Å². The molecule has 1 aromatic rings. The van der Waals surface area contributed by atoms with Gasteiger partial charge in [-0.25, -0.2) is 8.78 Å². The van der Waals surface area contributed by atoms with E-state index in [2.05, 4.69) is 15.9 Å². The minimum Gasteiger partial charge on any atom is -0.299 e. The molecule has 0 radical (unpaired) electrons. The van der Waals surface area contributed by atoms with E-state index in [0.29, 0.717) is 0 Å². The van der Waals surface area contributed by atoms with Gasteiger partial charge in [-0.3, -0.25) is 4.79 Å². The standard InChI is InChI=1S/C12H11BrF2O/c1-7(16)12(4-5-12)6-8-10(14)3-2-9(13)11(8)15/h2-3H,4-6H2,1H3. The van der Waals surface area contributed by atoms with Gasteiger partial charge in [0.15, 0.2) is 0 Å². The summed E-state index contributed by atoms with van der Waals surface area (Å²) >= 11 is 3.02. The minimum atomic E-state index is -0.590. The van der Waals surface area contributed by atoms with Gasteiger partial charge in [-0.1, -0.05) is 0 Å². The minimum absolute atomic E-state index is 0.0158. The van der Waals surface area contributed by atoms with Crippen LogP contribution in [0.5, 0.6) is 0 Å². The second-order valence-electron chi connectivity index (χ2n) is 4.34. The average Bonchev–Trinajstić information content (AvgIpc) is 3.00. The fourth-order valence-corrected chi connectivity index (χ4v) is 2.25. The maximum atomic E-state index is 13.7. The van der Waals surface area contributed by atoms with Crippen molar-refractivity contribution >= 4 is 21.7 Å². The largest absolute Gasteiger partial charge is 0.299 e. The van der Waals surface area contributed by atoms with E-state index in [1.165, 1.54) is 19.1 Å². The van der Waals surface area contributed by atoms with Crippen LogP contribution in [0.25, 0.3) is 0 Å². The lowest BCUT2D eigenvalue weighted by molar-refractivity contribution is -0.121. The number of halogens is 3. The van der Waals surface area contributed by atoms with Gasteiger partial charge in [-0.05, 0) is 54.2 Å². The molecule has 0 N–H and O–H groups in total. The Hall–Kier alpha value is -0.770. The number of hydrogen-bond acceptors (Lipinski definition) is 1. The first-order valence-corrected chi connectivity index (χ1v) is 5.89. The third-order valence-electron chi connectivity index (χ3n) is 3.25. The molecule has 0 heterocycles. The van der Waals surface area contributed by atoms with E-state index < -0.39 is 17.0 Å². The third-order valence-corrected chi connectivity index (χ3v) is 3.87. The molecule has 0 saturated heterocycles. The van der Waals surface area contributed by atoms with E-state index in [1.807, 2.05) is 0 Å². The van der Waals surface area contributed by atoms with Crippen LogP contribution < -0.4 is 0 Å². The van der Waals surface area contributed by atoms with Crippen LogP contribution in [0.4, 0.5) is 8.78 Å². The lowest BCUT2D eigenvalue weighted by Crippen LogP contribution is -2.17. The number of carbonyl (C=O) groups excluding carboxylic acids is 1. The predicted octanol–water partition coefficient (Wildman–Crippen LogP) is 3.64. The van der Waals surface area contributed by atoms with Gasteiger partial charge >= 0.3 is 0 Å². The van der Waals surface area contributed by atoms with Crippen LogP contribution in [0.15, 0.2) is 16.6 Å². The average molecular weight is 289 g/mol. The van der Waals surface area contributed by atoms with Crippen LogP contribution in [-0.2, 0) is 11.2 Å². The highest BCUT2D eigenvalue weighted by atomic mass is 79.9. The Labute approximate surface area is 101 Å². The van der Waals surface area contributed by atoms with Crippen LogP contribution in [0.2, 0.25) is 0 Å². The lowest BCUT2D eigenvalue weighted by atomic mass is 9.92. The van der Waals surface area contributed by atoms with Gasteiger partial charge in [0.05, 0.1) is 4.47 Å². The molecule has 1 aliphatic rings. The molecule has 0 amide bonds. The van der Waals surface area contributed by atoms with Crippen molar-refractivity contribution in [3.63, 3.8) is 0 Å². The Bertz CT molecular complexity index is 453. The summed E-state index contributed by atoms with van der Waals surface area (Å²) in [5.74, 6) is -1.15. The summed E-state index contributed by atoms with van der Waals surface area (Å²) in [5.41, 5.74) is -0.496. The molecule has 0 spiro atoms. The van der Waals surface area contributed by atoms with Gasteiger partial charge in [0, 0.05) is 11.0 Å². The fraction of sp³-hybridized carbons (Fsp3) is 0.417. The van der Waals surface area contributed by atoms with Crippen molar-refractivity contribution in [3.05, 3.63) is 33.8 Å². The summed E-state index contributed by atoms with van der Waals surface area (Å²) in [6.45, 7) is 1.49. The van der Waals surface area contributed by atoms with E-state index >= 15 is 0 Å². The summed E-state index contributed by atoms with van der Waals surface area (Å²) in [6, 6.07) is 2.56. The number of carbonyl (C=O) groups is 1. The summed E-state index contributed by atoms with van der Waals surface area (Å²) in [4.78, 5) is 11.4. The van der Waals surface area contributed by atoms with Crippen molar-refractivity contribution in [2.75, 3.05) is 0 Å². The zero-order valence-electron chi connectivity index (χ0n) is 8.82. The summed E-state index contributed by atoms with van der Waals surface area (Å²) in [7, 11) is 0. The zero-order chi connectivity index (χ0) is 11.9. The first-order valence-electron chi connectivity index (χ1n) is 5.10. The van der Waals surface area contributed by atoms with E-state index in [-0.39, 0.29) is 22.2 Å². The van der Waals surface area contributed by atoms with Gasteiger partial charge in [0.2, 0.25) is 0 Å². The molecule has 0 unspecified atom stereocenters. The van der Waals surface area contributed by atoms with Crippen molar-refractivity contribution in [2.45, 2.75) is 26.2 Å². The molecule has 1 saturated carbocycles. The maximum Gasteiger partial charge on any atom is 0.143 e. The van der Waals surface area contributed by atoms with Gasteiger partial charge in [0.25, 0.3) is 0 Å². The summed E-state index contributed by atoms with van der Waals surface area (Å²) in [6.07, 6.45) is 1.63. The van der Waals surface area contributed by atoms with Crippen LogP contribution >= 0.6 is 15.9 Å². The molecule has 0 bridgehead atoms. The van der Waals surface area contributed by atoms with E-state index in [9.17, 15) is 13.6 Å². The second-order valence-corrected chi connectivity index (χ2v) is 5.19. The molecule has 1 nitrogen and oxygen atoms in total. The SMILES string of the molecule is CC(=O)C1(Cc2c(F)ccc(Br)c2F)CC1. The lowest BCUT2D eigenvalue weighted by Gasteiger charge is -2.13. The Morgan fingerprint density at radius 3 is 2.56 bits per heavy atom. The topological polar surface area (TPSA) is 17.1 Å². The monoisotopic (exact) mass is 288 g/mol. The van der Waals surface area contributed by atoms with Crippen molar-refractivity contribution < 1.29 is 13.6 Å². The summed E-state index contributed by atoms with van der Waals surface area (Å²) in [5, 5.41) is 0. The van der Waals surface area contributed by atoms with Crippen molar-refractivity contribution in [1.82, 2.24) is 0 Å². The Balaban J connectivity index is 2.35. The highest BCUT2D eigenvalue weighted by Gasteiger charge is 2.48. The molecule has 0 aliphatic heterocycles. The molecule has 1 aromatic carbocycles. The first-order chi connectivity index (χ1) is 7.46. The molecule has 1 fully saturated rings. The molecule has 2 rings (SSSR count). The molecule has 0 aromatic heterocycles. The zero-order valence-corrected chi connectivity index (χ0v) is 10.4. The van der Waals surface area contributed by atoms with Gasteiger partial charge < -0.3 is 0 Å². The van der Waals surface area contributed by atoms with E-state index in [0.717, 1.165) is 12.8 Å². The van der Waals surface area contributed by atoms with Crippen molar-refractivity contribution in [2.24, 2.45) is 5.41 Å². The number of benzene rings is 1. The molecule has 86 valence electrons. The van der Waals surface area contributed by atoms with Crippen LogP contribution in [0.3, 0.4) is 0 Å². The first kappa shape index (κ1) is 11.7. The second kappa shape index (κ2) is 3.91.